The minimum atomic E-state index is -3.64. The second-order valence-corrected chi connectivity index (χ2v) is 9.99. The van der Waals surface area contributed by atoms with Crippen molar-refractivity contribution in [2.45, 2.75) is 24.0 Å². The Kier molecular flexibility index (Phi) is 7.75. The van der Waals surface area contributed by atoms with Gasteiger partial charge in [0.05, 0.1) is 19.8 Å². The van der Waals surface area contributed by atoms with E-state index in [-0.39, 0.29) is 16.7 Å². The van der Waals surface area contributed by atoms with Crippen molar-refractivity contribution < 1.29 is 17.9 Å². The van der Waals surface area contributed by atoms with Gasteiger partial charge in [-0.25, -0.2) is 8.42 Å². The fourth-order valence-corrected chi connectivity index (χ4v) is 5.13. The van der Waals surface area contributed by atoms with Gasteiger partial charge in [0.2, 0.25) is 5.91 Å². The summed E-state index contributed by atoms with van der Waals surface area (Å²) in [7, 11) is -2.24. The van der Waals surface area contributed by atoms with Crippen LogP contribution < -0.4 is 5.32 Å². The molecule has 0 radical (unpaired) electrons. The standard InChI is InChI=1S/C22H24N2O4S2/c1-24(30(26,27)22-11-6-12-29-22)15-21(25)23-14-19-9-5-10-20(13-19)17-28-16-18-7-3-2-4-8-18/h2-13H,14-17H2,1H3,(H,23,25). The number of carbonyl (C=O) groups is 1. The predicted octanol–water partition coefficient (Wildman–Crippen LogP) is 3.40. The SMILES string of the molecule is CN(CC(=O)NCc1cccc(COCc2ccccc2)c1)S(=O)(=O)c1cccs1. The van der Waals surface area contributed by atoms with Crippen molar-refractivity contribution in [2.24, 2.45) is 0 Å². The minimum absolute atomic E-state index is 0.223. The van der Waals surface area contributed by atoms with E-state index in [1.165, 1.54) is 13.1 Å². The first-order valence-corrected chi connectivity index (χ1v) is 11.7. The molecule has 0 unspecified atom stereocenters. The molecule has 30 heavy (non-hydrogen) atoms. The highest BCUT2D eigenvalue weighted by Gasteiger charge is 2.23. The van der Waals surface area contributed by atoms with E-state index in [1.807, 2.05) is 54.6 Å². The summed E-state index contributed by atoms with van der Waals surface area (Å²) >= 11 is 1.13. The largest absolute Gasteiger partial charge is 0.372 e. The summed E-state index contributed by atoms with van der Waals surface area (Å²) in [4.78, 5) is 12.2. The van der Waals surface area contributed by atoms with Gasteiger partial charge in [-0.15, -0.1) is 11.3 Å². The summed E-state index contributed by atoms with van der Waals surface area (Å²) in [5.41, 5.74) is 3.05. The third kappa shape index (κ3) is 6.24. The Bertz CT molecular complexity index is 1050. The normalized spacial score (nSPS) is 11.5. The first kappa shape index (κ1) is 22.2. The molecule has 1 amide bonds. The molecule has 2 aromatic carbocycles. The molecule has 0 bridgehead atoms. The smallest absolute Gasteiger partial charge is 0.252 e. The third-order valence-corrected chi connectivity index (χ3v) is 7.56. The molecule has 158 valence electrons. The van der Waals surface area contributed by atoms with Crippen molar-refractivity contribution in [3.63, 3.8) is 0 Å². The predicted molar refractivity (Wildman–Crippen MR) is 117 cm³/mol. The molecular weight excluding hydrogens is 420 g/mol. The summed E-state index contributed by atoms with van der Waals surface area (Å²) in [5, 5.41) is 4.47. The number of nitrogens with one attached hydrogen (secondary N) is 1. The summed E-state index contributed by atoms with van der Waals surface area (Å²) in [6, 6.07) is 20.9. The van der Waals surface area contributed by atoms with Crippen molar-refractivity contribution in [3.05, 3.63) is 88.8 Å². The van der Waals surface area contributed by atoms with Gasteiger partial charge >= 0.3 is 0 Å². The number of ether oxygens (including phenoxy) is 1. The van der Waals surface area contributed by atoms with E-state index in [4.69, 9.17) is 4.74 Å². The lowest BCUT2D eigenvalue weighted by Gasteiger charge is -2.16. The number of benzene rings is 2. The zero-order valence-corrected chi connectivity index (χ0v) is 18.3. The first-order valence-electron chi connectivity index (χ1n) is 9.41. The van der Waals surface area contributed by atoms with Gasteiger partial charge in [0.25, 0.3) is 10.0 Å². The number of hydrogen-bond acceptors (Lipinski definition) is 5. The molecule has 0 saturated carbocycles. The Morgan fingerprint density at radius 2 is 1.67 bits per heavy atom. The summed E-state index contributed by atoms with van der Waals surface area (Å²) in [5.74, 6) is -0.358. The van der Waals surface area contributed by atoms with Crippen LogP contribution in [0.5, 0.6) is 0 Å². The average Bonchev–Trinajstić information content (AvgIpc) is 3.29. The number of hydrogen-bond donors (Lipinski definition) is 1. The molecule has 1 N–H and O–H groups in total. The molecule has 0 aliphatic heterocycles. The van der Waals surface area contributed by atoms with Crippen LogP contribution in [0, 0.1) is 0 Å². The Balaban J connectivity index is 1.47. The highest BCUT2D eigenvalue weighted by atomic mass is 32.2. The van der Waals surface area contributed by atoms with Crippen LogP contribution in [0.25, 0.3) is 0 Å². The molecule has 0 fully saturated rings. The minimum Gasteiger partial charge on any atom is -0.372 e. The highest BCUT2D eigenvalue weighted by molar-refractivity contribution is 7.91. The maximum absolute atomic E-state index is 12.4. The Morgan fingerprint density at radius 3 is 2.40 bits per heavy atom. The van der Waals surface area contributed by atoms with E-state index in [9.17, 15) is 13.2 Å². The zero-order chi connectivity index (χ0) is 21.4. The maximum Gasteiger partial charge on any atom is 0.252 e. The fourth-order valence-electron chi connectivity index (χ4n) is 2.80. The van der Waals surface area contributed by atoms with Gasteiger partial charge in [-0.05, 0) is 28.1 Å². The molecular formula is C22H24N2O4S2. The van der Waals surface area contributed by atoms with Gasteiger partial charge in [0.1, 0.15) is 4.21 Å². The number of amides is 1. The van der Waals surface area contributed by atoms with Crippen LogP contribution in [0.2, 0.25) is 0 Å². The monoisotopic (exact) mass is 444 g/mol. The number of likely N-dealkylation sites (N-methyl/N-ethyl adjacent to an activating group) is 1. The number of sulfonamides is 1. The quantitative estimate of drug-likeness (QED) is 0.520. The van der Waals surface area contributed by atoms with E-state index in [0.29, 0.717) is 19.8 Å². The van der Waals surface area contributed by atoms with Gasteiger partial charge in [-0.3, -0.25) is 4.79 Å². The summed E-state index contributed by atoms with van der Waals surface area (Å²) in [6.45, 7) is 1.09. The molecule has 0 aliphatic carbocycles. The zero-order valence-electron chi connectivity index (χ0n) is 16.7. The molecule has 0 saturated heterocycles. The van der Waals surface area contributed by atoms with Crippen LogP contribution in [-0.4, -0.2) is 32.2 Å². The average molecular weight is 445 g/mol. The fraction of sp³-hybridized carbons (Fsp3) is 0.227. The van der Waals surface area contributed by atoms with E-state index in [0.717, 1.165) is 32.3 Å². The third-order valence-electron chi connectivity index (χ3n) is 4.39. The lowest BCUT2D eigenvalue weighted by atomic mass is 10.1. The van der Waals surface area contributed by atoms with Gasteiger partial charge < -0.3 is 10.1 Å². The van der Waals surface area contributed by atoms with Crippen molar-refractivity contribution in [1.29, 1.82) is 0 Å². The number of rotatable bonds is 10. The van der Waals surface area contributed by atoms with Crippen LogP contribution >= 0.6 is 11.3 Å². The molecule has 0 atom stereocenters. The Hall–Kier alpha value is -2.52. The van der Waals surface area contributed by atoms with Crippen molar-refractivity contribution in [1.82, 2.24) is 9.62 Å². The molecule has 0 aliphatic rings. The van der Waals surface area contributed by atoms with Gasteiger partial charge in [0.15, 0.2) is 0 Å². The second kappa shape index (κ2) is 10.5. The van der Waals surface area contributed by atoms with Crippen molar-refractivity contribution in [3.8, 4) is 0 Å². The van der Waals surface area contributed by atoms with Crippen LogP contribution in [0.1, 0.15) is 16.7 Å². The van der Waals surface area contributed by atoms with Gasteiger partial charge in [-0.1, -0.05) is 60.7 Å². The lowest BCUT2D eigenvalue weighted by molar-refractivity contribution is -0.121. The van der Waals surface area contributed by atoms with Crippen LogP contribution in [0.4, 0.5) is 0 Å². The van der Waals surface area contributed by atoms with E-state index in [2.05, 4.69) is 5.32 Å². The molecule has 1 heterocycles. The van der Waals surface area contributed by atoms with Gasteiger partial charge in [0, 0.05) is 13.6 Å². The van der Waals surface area contributed by atoms with Gasteiger partial charge in [-0.2, -0.15) is 4.31 Å². The van der Waals surface area contributed by atoms with Crippen molar-refractivity contribution >= 4 is 27.3 Å². The lowest BCUT2D eigenvalue weighted by Crippen LogP contribution is -2.37. The van der Waals surface area contributed by atoms with E-state index in [1.54, 1.807) is 11.4 Å². The molecule has 1 aromatic heterocycles. The van der Waals surface area contributed by atoms with Crippen LogP contribution in [0.15, 0.2) is 76.3 Å². The maximum atomic E-state index is 12.4. The van der Waals surface area contributed by atoms with Crippen molar-refractivity contribution in [2.75, 3.05) is 13.6 Å². The molecule has 0 spiro atoms. The molecule has 6 nitrogen and oxygen atoms in total. The molecule has 3 rings (SSSR count). The number of carbonyl (C=O) groups excluding carboxylic acids is 1. The van der Waals surface area contributed by atoms with Crippen LogP contribution in [0.3, 0.4) is 0 Å². The molecule has 8 heteroatoms. The topological polar surface area (TPSA) is 75.7 Å². The Morgan fingerprint density at radius 1 is 0.967 bits per heavy atom. The summed E-state index contributed by atoms with van der Waals surface area (Å²) < 4.78 is 31.8. The number of thiophene rings is 1. The highest BCUT2D eigenvalue weighted by Crippen LogP contribution is 2.19. The Labute approximate surface area is 181 Å². The molecule has 3 aromatic rings. The first-order chi connectivity index (χ1) is 14.4. The second-order valence-electron chi connectivity index (χ2n) is 6.77. The number of nitrogens with zero attached hydrogens (tertiary/aromatic N) is 1. The van der Waals surface area contributed by atoms with E-state index < -0.39 is 10.0 Å². The van der Waals surface area contributed by atoms with E-state index >= 15 is 0 Å². The summed E-state index contributed by atoms with van der Waals surface area (Å²) in [6.07, 6.45) is 0. The van der Waals surface area contributed by atoms with Crippen LogP contribution in [-0.2, 0) is 39.3 Å².